The zero-order valence-corrected chi connectivity index (χ0v) is 20.7. The molecule has 1 aromatic rings. The number of ether oxygens (including phenoxy) is 2. The lowest BCUT2D eigenvalue weighted by Crippen LogP contribution is -2.58. The van der Waals surface area contributed by atoms with Crippen molar-refractivity contribution >= 4 is 17.8 Å². The van der Waals surface area contributed by atoms with E-state index in [9.17, 15) is 31.1 Å². The maximum atomic E-state index is 12.3. The van der Waals surface area contributed by atoms with Gasteiger partial charge in [0.25, 0.3) is 0 Å². The van der Waals surface area contributed by atoms with E-state index in [0.29, 0.717) is 19.0 Å². The van der Waals surface area contributed by atoms with Gasteiger partial charge in [-0.1, -0.05) is 6.07 Å². The van der Waals surface area contributed by atoms with Crippen molar-refractivity contribution in [2.24, 2.45) is 5.92 Å². The Labute approximate surface area is 219 Å². The van der Waals surface area contributed by atoms with Crippen molar-refractivity contribution < 1.29 is 60.4 Å². The smallest absolute Gasteiger partial charge is 0.475 e. The van der Waals surface area contributed by atoms with Gasteiger partial charge in [0.2, 0.25) is 5.91 Å². The van der Waals surface area contributed by atoms with Gasteiger partial charge >= 0.3 is 24.3 Å². The fraction of sp³-hybridized carbons (Fsp3) is 0.652. The third-order valence-corrected chi connectivity index (χ3v) is 6.22. The lowest BCUT2D eigenvalue weighted by Gasteiger charge is -2.47. The minimum Gasteiger partial charge on any atom is -0.475 e. The number of pyridine rings is 1. The van der Waals surface area contributed by atoms with E-state index in [0.717, 1.165) is 51.3 Å². The van der Waals surface area contributed by atoms with E-state index in [-0.39, 0.29) is 18.1 Å². The Bertz CT molecular complexity index is 924. The summed E-state index contributed by atoms with van der Waals surface area (Å²) in [6, 6.07) is 3.94. The van der Waals surface area contributed by atoms with E-state index in [2.05, 4.69) is 9.88 Å². The third kappa shape index (κ3) is 11.0. The average molecular weight is 573 g/mol. The predicted molar refractivity (Wildman–Crippen MR) is 120 cm³/mol. The van der Waals surface area contributed by atoms with Crippen molar-refractivity contribution in [2.45, 2.75) is 43.8 Å². The highest BCUT2D eigenvalue weighted by atomic mass is 19.4. The van der Waals surface area contributed by atoms with E-state index in [1.54, 1.807) is 6.20 Å². The Morgan fingerprint density at radius 1 is 1.08 bits per heavy atom. The first-order valence-electron chi connectivity index (χ1n) is 11.8. The van der Waals surface area contributed by atoms with Crippen molar-refractivity contribution in [3.63, 3.8) is 0 Å². The van der Waals surface area contributed by atoms with Crippen molar-refractivity contribution in [3.05, 3.63) is 30.1 Å². The number of likely N-dealkylation sites (tertiary alicyclic amines) is 1. The number of halogens is 6. The Hall–Kier alpha value is -2.98. The normalized spacial score (nSPS) is 21.4. The number of nitrogens with zero attached hydrogens (tertiary/aromatic N) is 3. The second-order valence-electron chi connectivity index (χ2n) is 9.22. The van der Waals surface area contributed by atoms with Gasteiger partial charge in [-0.15, -0.1) is 0 Å². The summed E-state index contributed by atoms with van der Waals surface area (Å²) in [7, 11) is 0. The van der Waals surface area contributed by atoms with Crippen molar-refractivity contribution in [1.29, 1.82) is 0 Å². The van der Waals surface area contributed by atoms with Crippen LogP contribution in [0.2, 0.25) is 0 Å². The number of carbonyl (C=O) groups excluding carboxylic acids is 1. The van der Waals surface area contributed by atoms with Crippen molar-refractivity contribution in [1.82, 2.24) is 14.8 Å². The molecule has 1 atom stereocenters. The standard InChI is InChI=1S/C19H27N3O3.2C2HF3O2/c23-18-14-25-19(15-22(18)12-16-2-1-6-20-10-16)4-7-21(8-5-19)11-17-3-9-24-13-17;2*3-2(4,5)1(6)7/h1-2,6,10,17H,3-5,7-9,11-15H2;2*(H,6,7). The van der Waals surface area contributed by atoms with Crippen LogP contribution in [-0.2, 0) is 30.4 Å². The summed E-state index contributed by atoms with van der Waals surface area (Å²) in [4.78, 5) is 38.7. The van der Waals surface area contributed by atoms with Crippen LogP contribution in [0.4, 0.5) is 26.3 Å². The summed E-state index contributed by atoms with van der Waals surface area (Å²) in [6.07, 6.45) is -3.39. The second kappa shape index (κ2) is 13.9. The molecule has 4 heterocycles. The van der Waals surface area contributed by atoms with E-state index in [1.165, 1.54) is 6.42 Å². The number of amides is 1. The van der Waals surface area contributed by atoms with E-state index in [1.807, 2.05) is 23.2 Å². The summed E-state index contributed by atoms with van der Waals surface area (Å²) < 4.78 is 75.0. The van der Waals surface area contributed by atoms with Gasteiger partial charge in [-0.2, -0.15) is 26.3 Å². The Balaban J connectivity index is 0.000000317. The van der Waals surface area contributed by atoms with Crippen molar-refractivity contribution in [2.75, 3.05) is 46.0 Å². The monoisotopic (exact) mass is 573 g/mol. The molecule has 39 heavy (non-hydrogen) atoms. The number of morpholine rings is 1. The number of carboxylic acid groups (broad SMARTS) is 2. The Morgan fingerprint density at radius 2 is 1.67 bits per heavy atom. The van der Waals surface area contributed by atoms with Crippen LogP contribution in [0, 0.1) is 5.92 Å². The number of carbonyl (C=O) groups is 3. The van der Waals surface area contributed by atoms with Gasteiger partial charge in [0, 0.05) is 45.2 Å². The van der Waals surface area contributed by atoms with Crippen LogP contribution < -0.4 is 0 Å². The molecule has 3 aliphatic rings. The first-order valence-corrected chi connectivity index (χ1v) is 11.8. The van der Waals surface area contributed by atoms with Gasteiger partial charge in [-0.3, -0.25) is 9.78 Å². The molecule has 10 nitrogen and oxygen atoms in total. The molecular weight excluding hydrogens is 544 g/mol. The van der Waals surface area contributed by atoms with Crippen LogP contribution in [0.25, 0.3) is 0 Å². The molecule has 0 aromatic carbocycles. The predicted octanol–water partition coefficient (Wildman–Crippen LogP) is 2.58. The zero-order chi connectivity index (χ0) is 29.3. The minimum atomic E-state index is -5.08. The number of hydrogen-bond acceptors (Lipinski definition) is 7. The molecule has 1 unspecified atom stereocenters. The quantitative estimate of drug-likeness (QED) is 0.522. The molecule has 220 valence electrons. The highest BCUT2D eigenvalue weighted by molar-refractivity contribution is 5.78. The number of hydrogen-bond donors (Lipinski definition) is 2. The third-order valence-electron chi connectivity index (χ3n) is 6.22. The Morgan fingerprint density at radius 3 is 2.13 bits per heavy atom. The van der Waals surface area contributed by atoms with E-state index in [4.69, 9.17) is 29.3 Å². The van der Waals surface area contributed by atoms with E-state index >= 15 is 0 Å². The molecule has 3 saturated heterocycles. The van der Waals surface area contributed by atoms with Crippen LogP contribution in [-0.4, -0.2) is 107 Å². The molecule has 1 amide bonds. The summed E-state index contributed by atoms with van der Waals surface area (Å²) in [5.41, 5.74) is 0.908. The molecule has 1 aromatic heterocycles. The average Bonchev–Trinajstić information content (AvgIpc) is 3.37. The fourth-order valence-electron chi connectivity index (χ4n) is 4.18. The largest absolute Gasteiger partial charge is 0.490 e. The molecular formula is C23H29F6N3O7. The molecule has 3 aliphatic heterocycles. The zero-order valence-electron chi connectivity index (χ0n) is 20.7. The number of rotatable bonds is 4. The number of aliphatic carboxylic acids is 2. The molecule has 0 saturated carbocycles. The summed E-state index contributed by atoms with van der Waals surface area (Å²) in [5, 5.41) is 14.2. The summed E-state index contributed by atoms with van der Waals surface area (Å²) >= 11 is 0. The molecule has 16 heteroatoms. The number of carboxylic acids is 2. The van der Waals surface area contributed by atoms with Gasteiger partial charge < -0.3 is 29.5 Å². The van der Waals surface area contributed by atoms with Crippen LogP contribution in [0.3, 0.4) is 0 Å². The maximum absolute atomic E-state index is 12.3. The first-order chi connectivity index (χ1) is 18.1. The lowest BCUT2D eigenvalue weighted by atomic mass is 9.88. The maximum Gasteiger partial charge on any atom is 0.490 e. The SMILES string of the molecule is O=C(O)C(F)(F)F.O=C(O)C(F)(F)F.O=C1COC2(CCN(CC3CCOC3)CC2)CN1Cc1cccnc1. The first kappa shape index (κ1) is 32.2. The topological polar surface area (TPSA) is 130 Å². The number of alkyl halides is 6. The van der Waals surface area contributed by atoms with E-state index < -0.39 is 24.3 Å². The fourth-order valence-corrected chi connectivity index (χ4v) is 4.18. The van der Waals surface area contributed by atoms with Crippen LogP contribution in [0.15, 0.2) is 24.5 Å². The summed E-state index contributed by atoms with van der Waals surface area (Å²) in [6.45, 7) is 6.58. The highest BCUT2D eigenvalue weighted by Gasteiger charge is 2.42. The van der Waals surface area contributed by atoms with Crippen molar-refractivity contribution in [3.8, 4) is 0 Å². The number of piperidine rings is 1. The Kier molecular flexibility index (Phi) is 11.5. The molecule has 0 bridgehead atoms. The van der Waals surface area contributed by atoms with Crippen LogP contribution in [0.1, 0.15) is 24.8 Å². The van der Waals surface area contributed by atoms with Gasteiger partial charge in [-0.25, -0.2) is 9.59 Å². The second-order valence-corrected chi connectivity index (χ2v) is 9.22. The molecule has 3 fully saturated rings. The summed E-state index contributed by atoms with van der Waals surface area (Å²) in [5.74, 6) is -4.75. The van der Waals surface area contributed by atoms with Gasteiger partial charge in [0.15, 0.2) is 0 Å². The highest BCUT2D eigenvalue weighted by Crippen LogP contribution is 2.32. The lowest BCUT2D eigenvalue weighted by molar-refractivity contribution is -0.193. The van der Waals surface area contributed by atoms with Gasteiger partial charge in [-0.05, 0) is 36.8 Å². The molecule has 0 radical (unpaired) electrons. The number of aromatic nitrogens is 1. The van der Waals surface area contributed by atoms with Crippen LogP contribution >= 0.6 is 0 Å². The minimum absolute atomic E-state index is 0.0833. The molecule has 2 N–H and O–H groups in total. The van der Waals surface area contributed by atoms with Crippen LogP contribution in [0.5, 0.6) is 0 Å². The molecule has 0 aliphatic carbocycles. The van der Waals surface area contributed by atoms with Gasteiger partial charge in [0.05, 0.1) is 18.8 Å². The van der Waals surface area contributed by atoms with Gasteiger partial charge in [0.1, 0.15) is 6.61 Å². The molecule has 4 rings (SSSR count). The molecule has 1 spiro atoms.